The minimum absolute atomic E-state index is 0.00325. The molecule has 0 aliphatic carbocycles. The Bertz CT molecular complexity index is 565. The van der Waals surface area contributed by atoms with E-state index >= 15 is 0 Å². The highest BCUT2D eigenvalue weighted by atomic mass is 32.2. The van der Waals surface area contributed by atoms with Gasteiger partial charge in [-0.1, -0.05) is 41.5 Å². The molecular formula is C19H30O4S2. The average Bonchev–Trinajstić information content (AvgIpc) is 2.43. The number of aliphatic hydroxyl groups excluding tert-OH is 1. The van der Waals surface area contributed by atoms with Gasteiger partial charge in [0.25, 0.3) is 0 Å². The Kier molecular flexibility index (Phi) is 7.71. The fourth-order valence-corrected chi connectivity index (χ4v) is 4.09. The molecule has 0 spiro atoms. The lowest BCUT2D eigenvalue weighted by atomic mass is 9.79. The first-order chi connectivity index (χ1) is 11.3. The van der Waals surface area contributed by atoms with Gasteiger partial charge in [0.1, 0.15) is 5.75 Å². The number of carboxylic acid groups (broad SMARTS) is 1. The number of aromatic hydroxyl groups is 1. The van der Waals surface area contributed by atoms with Gasteiger partial charge in [-0.3, -0.25) is 4.79 Å². The third-order valence-electron chi connectivity index (χ3n) is 3.68. The van der Waals surface area contributed by atoms with Crippen molar-refractivity contribution < 1.29 is 20.1 Å². The topological polar surface area (TPSA) is 77.8 Å². The van der Waals surface area contributed by atoms with Crippen molar-refractivity contribution in [3.8, 4) is 5.75 Å². The number of aliphatic carboxylic acids is 1. The third kappa shape index (κ3) is 7.12. The number of hydrogen-bond acceptors (Lipinski definition) is 5. The molecule has 0 aliphatic rings. The van der Waals surface area contributed by atoms with Crippen LogP contribution in [0.25, 0.3) is 0 Å². The van der Waals surface area contributed by atoms with Crippen molar-refractivity contribution in [2.75, 3.05) is 17.3 Å². The first-order valence-electron chi connectivity index (χ1n) is 8.30. The molecule has 0 aromatic heterocycles. The van der Waals surface area contributed by atoms with Crippen LogP contribution >= 0.6 is 23.5 Å². The number of thioether (sulfide) groups is 2. The number of phenols is 1. The molecule has 1 rings (SSSR count). The molecule has 0 amide bonds. The second-order valence-corrected chi connectivity index (χ2v) is 10.4. The van der Waals surface area contributed by atoms with Crippen LogP contribution in [-0.4, -0.2) is 44.7 Å². The highest BCUT2D eigenvalue weighted by Gasteiger charge is 2.26. The van der Waals surface area contributed by atoms with Gasteiger partial charge >= 0.3 is 5.97 Å². The van der Waals surface area contributed by atoms with E-state index < -0.39 is 12.1 Å². The monoisotopic (exact) mass is 386 g/mol. The highest BCUT2D eigenvalue weighted by Crippen LogP contribution is 2.41. The predicted octanol–water partition coefficient (Wildman–Crippen LogP) is 4.26. The maximum absolute atomic E-state index is 10.7. The van der Waals surface area contributed by atoms with Crippen LogP contribution < -0.4 is 0 Å². The summed E-state index contributed by atoms with van der Waals surface area (Å²) in [6.07, 6.45) is -0.570. The second-order valence-electron chi connectivity index (χ2n) is 8.24. The van der Waals surface area contributed by atoms with Gasteiger partial charge < -0.3 is 15.3 Å². The van der Waals surface area contributed by atoms with Crippen LogP contribution in [0.1, 0.15) is 52.7 Å². The zero-order valence-corrected chi connectivity index (χ0v) is 17.6. The van der Waals surface area contributed by atoms with Crippen LogP contribution in [0, 0.1) is 0 Å². The molecular weight excluding hydrogens is 356 g/mol. The van der Waals surface area contributed by atoms with Gasteiger partial charge in [0, 0.05) is 27.5 Å². The van der Waals surface area contributed by atoms with Crippen molar-refractivity contribution in [3.63, 3.8) is 0 Å². The van der Waals surface area contributed by atoms with Gasteiger partial charge in [-0.25, -0.2) is 0 Å². The largest absolute Gasteiger partial charge is 0.507 e. The van der Waals surface area contributed by atoms with Crippen LogP contribution in [0.5, 0.6) is 5.75 Å². The first kappa shape index (κ1) is 22.2. The van der Waals surface area contributed by atoms with Crippen molar-refractivity contribution >= 4 is 29.5 Å². The standard InChI is InChI=1S/C19H30O4S2/c1-18(2,3)14-7-13(8-15(17(14)23)19(4,5)6)25-10-12(20)9-24-11-16(21)22/h7-8,12,20,23H,9-11H2,1-6H3,(H,21,22). The molecule has 1 aromatic rings. The Morgan fingerprint density at radius 2 is 1.52 bits per heavy atom. The molecule has 1 atom stereocenters. The number of aliphatic hydroxyl groups is 1. The zero-order valence-electron chi connectivity index (χ0n) is 15.9. The van der Waals surface area contributed by atoms with Crippen molar-refractivity contribution in [2.24, 2.45) is 0 Å². The molecule has 6 heteroatoms. The number of phenolic OH excluding ortho intramolecular Hbond substituents is 1. The molecule has 0 heterocycles. The van der Waals surface area contributed by atoms with E-state index in [9.17, 15) is 15.0 Å². The summed E-state index contributed by atoms with van der Waals surface area (Å²) < 4.78 is 0. The van der Waals surface area contributed by atoms with Gasteiger partial charge in [0.15, 0.2) is 0 Å². The Morgan fingerprint density at radius 3 is 1.92 bits per heavy atom. The second kappa shape index (κ2) is 8.69. The molecule has 0 saturated heterocycles. The van der Waals surface area contributed by atoms with E-state index in [0.717, 1.165) is 16.0 Å². The van der Waals surface area contributed by atoms with Gasteiger partial charge in [-0.05, 0) is 23.0 Å². The van der Waals surface area contributed by atoms with E-state index in [2.05, 4.69) is 41.5 Å². The number of carboxylic acids is 1. The summed E-state index contributed by atoms with van der Waals surface area (Å²) in [5.74, 6) is 0.374. The summed E-state index contributed by atoms with van der Waals surface area (Å²) in [7, 11) is 0. The van der Waals surface area contributed by atoms with E-state index in [-0.39, 0.29) is 16.6 Å². The summed E-state index contributed by atoms with van der Waals surface area (Å²) in [6.45, 7) is 12.4. The van der Waals surface area contributed by atoms with Gasteiger partial charge in [-0.2, -0.15) is 0 Å². The summed E-state index contributed by atoms with van der Waals surface area (Å²) in [6, 6.07) is 3.98. The van der Waals surface area contributed by atoms with Crippen molar-refractivity contribution in [1.82, 2.24) is 0 Å². The van der Waals surface area contributed by atoms with E-state index in [1.54, 1.807) is 0 Å². The molecule has 4 nitrogen and oxygen atoms in total. The Morgan fingerprint density at radius 1 is 1.04 bits per heavy atom. The number of benzene rings is 1. The maximum atomic E-state index is 10.7. The predicted molar refractivity (Wildman–Crippen MR) is 107 cm³/mol. The number of carbonyl (C=O) groups is 1. The molecule has 1 aromatic carbocycles. The fourth-order valence-electron chi connectivity index (χ4n) is 2.36. The SMILES string of the molecule is CC(C)(C)c1cc(SCC(O)CSCC(=O)O)cc(C(C)(C)C)c1O. The Balaban J connectivity index is 2.94. The van der Waals surface area contributed by atoms with Crippen LogP contribution in [-0.2, 0) is 15.6 Å². The smallest absolute Gasteiger partial charge is 0.313 e. The molecule has 3 N–H and O–H groups in total. The third-order valence-corrected chi connectivity index (χ3v) is 5.87. The lowest BCUT2D eigenvalue weighted by Gasteiger charge is -2.28. The molecule has 25 heavy (non-hydrogen) atoms. The minimum atomic E-state index is -0.868. The molecule has 0 fully saturated rings. The van der Waals surface area contributed by atoms with Gasteiger partial charge in [-0.15, -0.1) is 23.5 Å². The van der Waals surface area contributed by atoms with Crippen LogP contribution in [0.4, 0.5) is 0 Å². The summed E-state index contributed by atoms with van der Waals surface area (Å²) >= 11 is 2.75. The van der Waals surface area contributed by atoms with E-state index in [4.69, 9.17) is 5.11 Å². The number of rotatable bonds is 7. The van der Waals surface area contributed by atoms with Crippen LogP contribution in [0.15, 0.2) is 17.0 Å². The maximum Gasteiger partial charge on any atom is 0.313 e. The van der Waals surface area contributed by atoms with E-state index in [1.807, 2.05) is 12.1 Å². The molecule has 0 saturated carbocycles. The lowest BCUT2D eigenvalue weighted by molar-refractivity contribution is -0.133. The molecule has 0 aliphatic heterocycles. The summed E-state index contributed by atoms with van der Waals surface area (Å²) in [5, 5.41) is 29.4. The molecule has 1 unspecified atom stereocenters. The average molecular weight is 387 g/mol. The normalized spacial score (nSPS) is 13.7. The zero-order chi connectivity index (χ0) is 19.4. The van der Waals surface area contributed by atoms with E-state index in [0.29, 0.717) is 17.3 Å². The highest BCUT2D eigenvalue weighted by molar-refractivity contribution is 8.00. The molecule has 0 bridgehead atoms. The summed E-state index contributed by atoms with van der Waals surface area (Å²) in [4.78, 5) is 11.5. The Hall–Kier alpha value is -0.850. The number of hydrogen-bond donors (Lipinski definition) is 3. The first-order valence-corrected chi connectivity index (χ1v) is 10.4. The van der Waals surface area contributed by atoms with Gasteiger partial charge in [0.05, 0.1) is 11.9 Å². The van der Waals surface area contributed by atoms with Crippen molar-refractivity contribution in [1.29, 1.82) is 0 Å². The lowest BCUT2D eigenvalue weighted by Crippen LogP contribution is -2.18. The van der Waals surface area contributed by atoms with Crippen LogP contribution in [0.2, 0.25) is 0 Å². The summed E-state index contributed by atoms with van der Waals surface area (Å²) in [5.41, 5.74) is 1.43. The fraction of sp³-hybridized carbons (Fsp3) is 0.632. The van der Waals surface area contributed by atoms with E-state index in [1.165, 1.54) is 23.5 Å². The quantitative estimate of drug-likeness (QED) is 0.608. The van der Waals surface area contributed by atoms with Crippen LogP contribution in [0.3, 0.4) is 0 Å². The van der Waals surface area contributed by atoms with Crippen molar-refractivity contribution in [2.45, 2.75) is 63.4 Å². The minimum Gasteiger partial charge on any atom is -0.507 e. The molecule has 142 valence electrons. The van der Waals surface area contributed by atoms with Crippen molar-refractivity contribution in [3.05, 3.63) is 23.3 Å². The molecule has 0 radical (unpaired) electrons. The van der Waals surface area contributed by atoms with Gasteiger partial charge in [0.2, 0.25) is 0 Å². The Labute approximate surface area is 159 Å².